The Bertz CT molecular complexity index is 225. The second-order valence-corrected chi connectivity index (χ2v) is 15.6. The third-order valence-electron chi connectivity index (χ3n) is 3.50. The molecule has 101 valence electrons. The fraction of sp³-hybridized carbons (Fsp3) is 1.00. The maximum absolute atomic E-state index is 6.60. The Morgan fingerprint density at radius 3 is 1.82 bits per heavy atom. The molecule has 0 atom stereocenters. The zero-order chi connectivity index (χ0) is 13.3. The SMILES string of the molecule is CC(C)(C)[CH2][Sn]([O]C(C)(C)C)[C]1(C)CCCC1. The van der Waals surface area contributed by atoms with Gasteiger partial charge in [-0.25, -0.2) is 0 Å². The van der Waals surface area contributed by atoms with E-state index in [-0.39, 0.29) is 5.60 Å². The topological polar surface area (TPSA) is 9.23 Å². The van der Waals surface area contributed by atoms with Gasteiger partial charge in [-0.15, -0.1) is 0 Å². The minimum atomic E-state index is -1.80. The Labute approximate surface area is 116 Å². The molecule has 1 nitrogen and oxygen atoms in total. The van der Waals surface area contributed by atoms with Gasteiger partial charge in [0.2, 0.25) is 0 Å². The van der Waals surface area contributed by atoms with Gasteiger partial charge in [-0.05, 0) is 0 Å². The van der Waals surface area contributed by atoms with Crippen LogP contribution in [0.2, 0.25) is 7.87 Å². The van der Waals surface area contributed by atoms with Crippen molar-refractivity contribution in [2.24, 2.45) is 5.41 Å². The van der Waals surface area contributed by atoms with E-state index in [9.17, 15) is 0 Å². The van der Waals surface area contributed by atoms with E-state index < -0.39 is 20.2 Å². The van der Waals surface area contributed by atoms with Gasteiger partial charge < -0.3 is 0 Å². The van der Waals surface area contributed by atoms with Gasteiger partial charge in [0.15, 0.2) is 0 Å². The van der Waals surface area contributed by atoms with Gasteiger partial charge in [-0.2, -0.15) is 0 Å². The average Bonchev–Trinajstić information content (AvgIpc) is 2.47. The predicted molar refractivity (Wildman–Crippen MR) is 77.7 cm³/mol. The van der Waals surface area contributed by atoms with Crippen LogP contribution in [0.3, 0.4) is 0 Å². The zero-order valence-corrected chi connectivity index (χ0v) is 15.8. The first kappa shape index (κ1) is 15.8. The fourth-order valence-electron chi connectivity index (χ4n) is 2.66. The molecule has 0 unspecified atom stereocenters. The molecular weight excluding hydrogens is 315 g/mol. The van der Waals surface area contributed by atoms with Gasteiger partial charge in [-0.1, -0.05) is 0 Å². The zero-order valence-electron chi connectivity index (χ0n) is 12.9. The summed E-state index contributed by atoms with van der Waals surface area (Å²) in [4.78, 5) is 0. The normalized spacial score (nSPS) is 21.2. The first-order valence-corrected chi connectivity index (χ1v) is 11.7. The van der Waals surface area contributed by atoms with Crippen molar-refractivity contribution in [3.8, 4) is 0 Å². The average molecular weight is 346 g/mol. The van der Waals surface area contributed by atoms with Crippen LogP contribution in [0.4, 0.5) is 0 Å². The van der Waals surface area contributed by atoms with Gasteiger partial charge >= 0.3 is 116 Å². The Balaban J connectivity index is 2.78. The summed E-state index contributed by atoms with van der Waals surface area (Å²) in [6.45, 7) is 16.3. The molecular formula is C15H31OSn. The summed E-state index contributed by atoms with van der Waals surface area (Å²) < 4.78 is 8.56. The van der Waals surface area contributed by atoms with Gasteiger partial charge in [0.1, 0.15) is 0 Å². The molecule has 1 rings (SSSR count). The molecule has 0 aliphatic heterocycles. The van der Waals surface area contributed by atoms with Crippen LogP contribution in [-0.4, -0.2) is 25.8 Å². The van der Waals surface area contributed by atoms with Crippen molar-refractivity contribution in [1.29, 1.82) is 0 Å². The molecule has 1 saturated carbocycles. The molecule has 1 aliphatic carbocycles. The van der Waals surface area contributed by atoms with Crippen molar-refractivity contribution < 1.29 is 3.07 Å². The van der Waals surface area contributed by atoms with E-state index in [1.165, 1.54) is 30.1 Å². The quantitative estimate of drug-likeness (QED) is 0.641. The van der Waals surface area contributed by atoms with E-state index in [4.69, 9.17) is 3.07 Å². The van der Waals surface area contributed by atoms with Crippen molar-refractivity contribution in [2.45, 2.75) is 87.6 Å². The van der Waals surface area contributed by atoms with Crippen LogP contribution >= 0.6 is 0 Å². The second-order valence-electron chi connectivity index (χ2n) is 8.14. The molecule has 0 spiro atoms. The first-order valence-electron chi connectivity index (χ1n) is 7.07. The fourth-order valence-corrected chi connectivity index (χ4v) is 12.2. The molecule has 0 amide bonds. The molecule has 0 bridgehead atoms. The summed E-state index contributed by atoms with van der Waals surface area (Å²) in [5.41, 5.74) is 0.497. The summed E-state index contributed by atoms with van der Waals surface area (Å²) in [6.07, 6.45) is 5.71. The second kappa shape index (κ2) is 5.40. The van der Waals surface area contributed by atoms with E-state index in [1.54, 1.807) is 0 Å². The van der Waals surface area contributed by atoms with Crippen molar-refractivity contribution in [3.63, 3.8) is 0 Å². The minimum absolute atomic E-state index is 0.0611. The van der Waals surface area contributed by atoms with Crippen molar-refractivity contribution in [3.05, 3.63) is 0 Å². The van der Waals surface area contributed by atoms with Crippen LogP contribution < -0.4 is 0 Å². The Hall–Kier alpha value is 0.759. The van der Waals surface area contributed by atoms with Crippen LogP contribution in [0.1, 0.15) is 74.1 Å². The molecule has 0 aromatic heterocycles. The molecule has 17 heavy (non-hydrogen) atoms. The van der Waals surface area contributed by atoms with Crippen LogP contribution in [0, 0.1) is 5.41 Å². The third kappa shape index (κ3) is 5.50. The van der Waals surface area contributed by atoms with Crippen molar-refractivity contribution in [2.75, 3.05) is 0 Å². The monoisotopic (exact) mass is 347 g/mol. The van der Waals surface area contributed by atoms with Crippen LogP contribution in [0.15, 0.2) is 0 Å². The molecule has 0 heterocycles. The Kier molecular flexibility index (Phi) is 5.02. The van der Waals surface area contributed by atoms with Crippen molar-refractivity contribution in [1.82, 2.24) is 0 Å². The molecule has 0 saturated heterocycles. The van der Waals surface area contributed by atoms with Gasteiger partial charge in [0, 0.05) is 0 Å². The van der Waals surface area contributed by atoms with Crippen LogP contribution in [-0.2, 0) is 3.07 Å². The van der Waals surface area contributed by atoms with E-state index >= 15 is 0 Å². The number of hydrogen-bond acceptors (Lipinski definition) is 1. The first-order chi connectivity index (χ1) is 7.52. The summed E-state index contributed by atoms with van der Waals surface area (Å²) in [5.74, 6) is 0. The number of hydrogen-bond donors (Lipinski definition) is 0. The summed E-state index contributed by atoms with van der Waals surface area (Å²) in [6, 6.07) is 0. The van der Waals surface area contributed by atoms with E-state index in [0.29, 0.717) is 8.85 Å². The summed E-state index contributed by atoms with van der Waals surface area (Å²) >= 11 is -1.80. The van der Waals surface area contributed by atoms with Crippen LogP contribution in [0.25, 0.3) is 0 Å². The van der Waals surface area contributed by atoms with Gasteiger partial charge in [-0.3, -0.25) is 0 Å². The number of rotatable bonds is 3. The van der Waals surface area contributed by atoms with Gasteiger partial charge in [0.25, 0.3) is 0 Å². The standard InChI is InChI=1S/C6H11.C5H11.C4H9O.Sn/c1-6-4-2-3-5-6;1-5(2,3)4;1-4(2,3)5;/h2-5H2,1H3;1H2,2-4H3;1-3H3;/q;;-1;+1. The molecule has 1 radical (unpaired) electrons. The van der Waals surface area contributed by atoms with Crippen LogP contribution in [0.5, 0.6) is 0 Å². The van der Waals surface area contributed by atoms with Crippen molar-refractivity contribution >= 4 is 20.2 Å². The van der Waals surface area contributed by atoms with E-state index in [1.807, 2.05) is 0 Å². The molecule has 0 aromatic carbocycles. The predicted octanol–water partition coefficient (Wildman–Crippen LogP) is 5.17. The van der Waals surface area contributed by atoms with E-state index in [0.717, 1.165) is 0 Å². The third-order valence-corrected chi connectivity index (χ3v) is 15.2. The Morgan fingerprint density at radius 2 is 1.47 bits per heavy atom. The molecule has 1 aliphatic rings. The Morgan fingerprint density at radius 1 is 1.00 bits per heavy atom. The molecule has 0 N–H and O–H groups in total. The summed E-state index contributed by atoms with van der Waals surface area (Å²) in [5, 5.41) is 0. The van der Waals surface area contributed by atoms with E-state index in [2.05, 4.69) is 48.5 Å². The molecule has 1 fully saturated rings. The summed E-state index contributed by atoms with van der Waals surface area (Å²) in [7, 11) is 0. The maximum atomic E-state index is 6.60. The molecule has 0 aromatic rings. The van der Waals surface area contributed by atoms with Gasteiger partial charge in [0.05, 0.1) is 0 Å². The molecule has 2 heteroatoms.